The van der Waals surface area contributed by atoms with Crippen molar-refractivity contribution in [2.24, 2.45) is 0 Å². The van der Waals surface area contributed by atoms with Gasteiger partial charge in [-0.05, 0) is 49.6 Å². The number of carbonyl (C=O) groups is 1. The summed E-state index contributed by atoms with van der Waals surface area (Å²) in [4.78, 5) is 24.2. The highest BCUT2D eigenvalue weighted by Gasteiger charge is 2.40. The lowest BCUT2D eigenvalue weighted by atomic mass is 9.90. The zero-order valence-electron chi connectivity index (χ0n) is 18.6. The lowest BCUT2D eigenvalue weighted by Gasteiger charge is -2.39. The van der Waals surface area contributed by atoms with Gasteiger partial charge in [-0.15, -0.1) is 0 Å². The van der Waals surface area contributed by atoms with Gasteiger partial charge < -0.3 is 23.4 Å². The van der Waals surface area contributed by atoms with Crippen molar-refractivity contribution in [1.82, 2.24) is 0 Å². The minimum absolute atomic E-state index is 0.213. The van der Waals surface area contributed by atoms with E-state index in [0.717, 1.165) is 16.5 Å². The van der Waals surface area contributed by atoms with Crippen molar-refractivity contribution in [2.75, 3.05) is 14.2 Å². The van der Waals surface area contributed by atoms with E-state index in [0.29, 0.717) is 35.7 Å². The van der Waals surface area contributed by atoms with Crippen LogP contribution in [0.1, 0.15) is 31.4 Å². The normalized spacial score (nSPS) is 16.7. The highest BCUT2D eigenvalue weighted by atomic mass is 16.6. The van der Waals surface area contributed by atoms with Crippen molar-refractivity contribution >= 4 is 16.9 Å². The zero-order valence-corrected chi connectivity index (χ0v) is 18.6. The zero-order chi connectivity index (χ0) is 22.9. The second kappa shape index (κ2) is 8.57. The first-order valence-electron chi connectivity index (χ1n) is 10.5. The minimum Gasteiger partial charge on any atom is -0.497 e. The number of rotatable bonds is 6. The topological polar surface area (TPSA) is 84.2 Å². The van der Waals surface area contributed by atoms with E-state index in [1.165, 1.54) is 6.07 Å². The smallest absolute Gasteiger partial charge is 0.336 e. The first kappa shape index (κ1) is 21.7. The summed E-state index contributed by atoms with van der Waals surface area (Å²) in [5, 5.41) is 0.795. The lowest BCUT2D eigenvalue weighted by molar-refractivity contribution is -0.161. The van der Waals surface area contributed by atoms with Crippen molar-refractivity contribution in [2.45, 2.75) is 44.8 Å². The monoisotopic (exact) mass is 438 g/mol. The Kier molecular flexibility index (Phi) is 5.82. The fourth-order valence-electron chi connectivity index (χ4n) is 3.89. The summed E-state index contributed by atoms with van der Waals surface area (Å²) >= 11 is 0. The molecule has 0 spiro atoms. The molecule has 2 heterocycles. The molecule has 0 radical (unpaired) electrons. The number of hydrogen-bond donors (Lipinski definition) is 0. The Morgan fingerprint density at radius 2 is 1.91 bits per heavy atom. The van der Waals surface area contributed by atoms with Crippen LogP contribution in [-0.4, -0.2) is 31.9 Å². The Bertz CT molecular complexity index is 1210. The molecule has 0 amide bonds. The third-order valence-electron chi connectivity index (χ3n) is 5.72. The van der Waals surface area contributed by atoms with Gasteiger partial charge in [0.05, 0.1) is 14.2 Å². The molecule has 0 unspecified atom stereocenters. The Morgan fingerprint density at radius 1 is 1.09 bits per heavy atom. The van der Waals surface area contributed by atoms with Gasteiger partial charge in [-0.1, -0.05) is 6.07 Å². The molecule has 1 aliphatic heterocycles. The van der Waals surface area contributed by atoms with Gasteiger partial charge in [-0.2, -0.15) is 0 Å². The molecule has 4 rings (SSSR count). The standard InChI is InChI=1S/C25H26O7/c1-25(2)22(12-17-11-16-7-10-23(26)30-20(16)14-21(17)32-25)31-24(27)9-6-15-5-8-18(28-3)13-19(15)29-4/h5,7-8,10-11,13-14,22H,6,9,12H2,1-4H3/t22-/m0/s1. The van der Waals surface area contributed by atoms with Crippen LogP contribution in [0.25, 0.3) is 11.0 Å². The number of benzene rings is 2. The van der Waals surface area contributed by atoms with Crippen LogP contribution in [0.4, 0.5) is 0 Å². The predicted octanol–water partition coefficient (Wildman–Crippen LogP) is 4.07. The first-order valence-corrected chi connectivity index (χ1v) is 10.5. The quantitative estimate of drug-likeness (QED) is 0.424. The molecule has 0 saturated heterocycles. The number of fused-ring (bicyclic) bond motifs is 2. The summed E-state index contributed by atoms with van der Waals surface area (Å²) in [5.41, 5.74) is 1.13. The Morgan fingerprint density at radius 3 is 2.66 bits per heavy atom. The molecule has 7 heteroatoms. The van der Waals surface area contributed by atoms with E-state index in [4.69, 9.17) is 23.4 Å². The molecular formula is C25H26O7. The van der Waals surface area contributed by atoms with Gasteiger partial charge in [0, 0.05) is 36.4 Å². The Labute approximate surface area is 185 Å². The number of methoxy groups -OCH3 is 2. The molecule has 0 aliphatic carbocycles. The fourth-order valence-corrected chi connectivity index (χ4v) is 3.89. The van der Waals surface area contributed by atoms with Gasteiger partial charge >= 0.3 is 11.6 Å². The van der Waals surface area contributed by atoms with Gasteiger partial charge in [0.15, 0.2) is 0 Å². The highest BCUT2D eigenvalue weighted by Crippen LogP contribution is 2.37. The second-order valence-corrected chi connectivity index (χ2v) is 8.32. The Balaban J connectivity index is 1.47. The maximum Gasteiger partial charge on any atom is 0.336 e. The summed E-state index contributed by atoms with van der Waals surface area (Å²) in [6.07, 6.45) is 0.758. The van der Waals surface area contributed by atoms with Crippen molar-refractivity contribution in [1.29, 1.82) is 0 Å². The van der Waals surface area contributed by atoms with E-state index in [1.807, 2.05) is 32.0 Å². The largest absolute Gasteiger partial charge is 0.497 e. The lowest BCUT2D eigenvalue weighted by Crippen LogP contribution is -2.48. The molecule has 1 aromatic heterocycles. The molecule has 1 atom stereocenters. The van der Waals surface area contributed by atoms with Crippen LogP contribution in [0.5, 0.6) is 17.2 Å². The van der Waals surface area contributed by atoms with Crippen LogP contribution < -0.4 is 19.8 Å². The average Bonchev–Trinajstić information content (AvgIpc) is 2.76. The molecule has 168 valence electrons. The van der Waals surface area contributed by atoms with Crippen molar-refractivity contribution in [3.8, 4) is 17.2 Å². The van der Waals surface area contributed by atoms with E-state index < -0.39 is 17.3 Å². The maximum atomic E-state index is 12.7. The number of esters is 1. The van der Waals surface area contributed by atoms with Gasteiger partial charge in [-0.3, -0.25) is 4.79 Å². The Hall–Kier alpha value is -3.48. The van der Waals surface area contributed by atoms with Gasteiger partial charge in [-0.25, -0.2) is 4.79 Å². The predicted molar refractivity (Wildman–Crippen MR) is 119 cm³/mol. The van der Waals surface area contributed by atoms with Gasteiger partial charge in [0.1, 0.15) is 34.5 Å². The van der Waals surface area contributed by atoms with Crippen LogP contribution in [0.15, 0.2) is 51.7 Å². The molecule has 7 nitrogen and oxygen atoms in total. The molecule has 3 aromatic rings. The van der Waals surface area contributed by atoms with Crippen molar-refractivity contribution in [3.63, 3.8) is 0 Å². The minimum atomic E-state index is -0.733. The first-order chi connectivity index (χ1) is 15.3. The molecule has 32 heavy (non-hydrogen) atoms. The molecular weight excluding hydrogens is 412 g/mol. The van der Waals surface area contributed by atoms with E-state index in [1.54, 1.807) is 32.4 Å². The number of ether oxygens (including phenoxy) is 4. The number of aryl methyl sites for hydroxylation is 1. The van der Waals surface area contributed by atoms with E-state index in [2.05, 4.69) is 0 Å². The van der Waals surface area contributed by atoms with E-state index >= 15 is 0 Å². The highest BCUT2D eigenvalue weighted by molar-refractivity contribution is 5.79. The maximum absolute atomic E-state index is 12.7. The van der Waals surface area contributed by atoms with Crippen LogP contribution in [0, 0.1) is 0 Å². The third kappa shape index (κ3) is 4.42. The average molecular weight is 438 g/mol. The summed E-state index contributed by atoms with van der Waals surface area (Å²) in [7, 11) is 3.18. The van der Waals surface area contributed by atoms with E-state index in [-0.39, 0.29) is 12.4 Å². The molecule has 0 bridgehead atoms. The summed E-state index contributed by atoms with van der Waals surface area (Å²) in [5.74, 6) is 1.69. The van der Waals surface area contributed by atoms with Crippen LogP contribution in [-0.2, 0) is 22.4 Å². The SMILES string of the molecule is COc1ccc(CCC(=O)O[C@H]2Cc3cc4ccc(=O)oc4cc3OC2(C)C)c(OC)c1. The molecule has 1 aliphatic rings. The molecule has 0 N–H and O–H groups in total. The summed E-state index contributed by atoms with van der Waals surface area (Å²) in [6.45, 7) is 3.76. The van der Waals surface area contributed by atoms with Crippen LogP contribution in [0.3, 0.4) is 0 Å². The van der Waals surface area contributed by atoms with Crippen LogP contribution in [0.2, 0.25) is 0 Å². The van der Waals surface area contributed by atoms with E-state index in [9.17, 15) is 9.59 Å². The van der Waals surface area contributed by atoms with Gasteiger partial charge in [0.25, 0.3) is 0 Å². The number of hydrogen-bond acceptors (Lipinski definition) is 7. The summed E-state index contributed by atoms with van der Waals surface area (Å²) in [6, 6.07) is 12.2. The molecule has 0 saturated carbocycles. The second-order valence-electron chi connectivity index (χ2n) is 8.32. The molecule has 0 fully saturated rings. The van der Waals surface area contributed by atoms with Crippen molar-refractivity contribution < 1.29 is 28.2 Å². The van der Waals surface area contributed by atoms with Gasteiger partial charge in [0.2, 0.25) is 0 Å². The molecule has 2 aromatic carbocycles. The van der Waals surface area contributed by atoms with Crippen molar-refractivity contribution in [3.05, 3.63) is 64.0 Å². The third-order valence-corrected chi connectivity index (χ3v) is 5.72. The number of carbonyl (C=O) groups excluding carboxylic acids is 1. The summed E-state index contributed by atoms with van der Waals surface area (Å²) < 4.78 is 27.8. The fraction of sp³-hybridized carbons (Fsp3) is 0.360. The van der Waals surface area contributed by atoms with Crippen LogP contribution >= 0.6 is 0 Å².